The Balaban J connectivity index is 1.70. The maximum absolute atomic E-state index is 12.9. The fourth-order valence-corrected chi connectivity index (χ4v) is 3.62. The second-order valence-electron chi connectivity index (χ2n) is 5.63. The summed E-state index contributed by atoms with van der Waals surface area (Å²) in [6, 6.07) is 14.4. The monoisotopic (exact) mass is 339 g/mol. The van der Waals surface area contributed by atoms with Gasteiger partial charge in [0, 0.05) is 33.1 Å². The number of nitrogens with one attached hydrogen (secondary N) is 1. The van der Waals surface area contributed by atoms with E-state index in [-0.39, 0.29) is 11.7 Å². The minimum absolute atomic E-state index is 0.0698. The van der Waals surface area contributed by atoms with E-state index in [0.717, 1.165) is 33.8 Å². The number of aromatic amines is 1. The van der Waals surface area contributed by atoms with E-state index in [1.807, 2.05) is 24.4 Å². The molecule has 21 heavy (non-hydrogen) atoms. The summed E-state index contributed by atoms with van der Waals surface area (Å²) in [5, 5.41) is 1.00. The predicted octanol–water partition coefficient (Wildman–Crippen LogP) is 4.53. The second-order valence-corrected chi connectivity index (χ2v) is 6.55. The van der Waals surface area contributed by atoms with Crippen molar-refractivity contribution in [2.75, 3.05) is 0 Å². The number of fused-ring (bicyclic) bond motifs is 2. The summed E-state index contributed by atoms with van der Waals surface area (Å²) >= 11 is 3.48. The van der Waals surface area contributed by atoms with Crippen LogP contribution in [0.15, 0.2) is 53.1 Å². The van der Waals surface area contributed by atoms with E-state index in [2.05, 4.69) is 45.2 Å². The molecule has 0 radical (unpaired) electrons. The van der Waals surface area contributed by atoms with Crippen molar-refractivity contribution in [3.05, 3.63) is 69.8 Å². The highest BCUT2D eigenvalue weighted by Gasteiger charge is 2.29. The van der Waals surface area contributed by atoms with E-state index in [1.54, 1.807) is 0 Å². The zero-order valence-electron chi connectivity index (χ0n) is 11.4. The Morgan fingerprint density at radius 2 is 1.81 bits per heavy atom. The topological polar surface area (TPSA) is 32.9 Å². The van der Waals surface area contributed by atoms with Gasteiger partial charge in [-0.3, -0.25) is 4.79 Å². The maximum atomic E-state index is 12.9. The van der Waals surface area contributed by atoms with Crippen molar-refractivity contribution in [2.45, 2.75) is 12.8 Å². The Morgan fingerprint density at radius 3 is 2.52 bits per heavy atom. The third-order valence-corrected chi connectivity index (χ3v) is 4.82. The molecular formula is C18H14BrNO. The molecule has 0 saturated carbocycles. The first kappa shape index (κ1) is 12.8. The van der Waals surface area contributed by atoms with Crippen LogP contribution in [-0.4, -0.2) is 10.8 Å². The van der Waals surface area contributed by atoms with Gasteiger partial charge >= 0.3 is 0 Å². The third kappa shape index (κ3) is 2.12. The van der Waals surface area contributed by atoms with Crippen molar-refractivity contribution in [2.24, 2.45) is 5.92 Å². The van der Waals surface area contributed by atoms with E-state index >= 15 is 0 Å². The Morgan fingerprint density at radius 1 is 1.10 bits per heavy atom. The number of ketones is 1. The normalized spacial score (nSPS) is 14.5. The number of hydrogen-bond donors (Lipinski definition) is 1. The lowest BCUT2D eigenvalue weighted by molar-refractivity contribution is 0.0926. The van der Waals surface area contributed by atoms with E-state index in [1.165, 1.54) is 11.1 Å². The number of Topliss-reactive ketones (excluding diaryl/α,β-unsaturated/α-hetero) is 1. The molecule has 104 valence electrons. The van der Waals surface area contributed by atoms with E-state index < -0.39 is 0 Å². The third-order valence-electron chi connectivity index (χ3n) is 4.33. The van der Waals surface area contributed by atoms with Gasteiger partial charge in [0.15, 0.2) is 5.78 Å². The number of hydrogen-bond acceptors (Lipinski definition) is 1. The van der Waals surface area contributed by atoms with Gasteiger partial charge in [0.1, 0.15) is 0 Å². The van der Waals surface area contributed by atoms with E-state index in [4.69, 9.17) is 0 Å². The molecule has 3 heteroatoms. The molecule has 1 aliphatic rings. The zero-order chi connectivity index (χ0) is 14.4. The maximum Gasteiger partial charge on any atom is 0.168 e. The molecule has 3 aromatic rings. The largest absolute Gasteiger partial charge is 0.360 e. The van der Waals surface area contributed by atoms with Gasteiger partial charge < -0.3 is 4.98 Å². The highest BCUT2D eigenvalue weighted by molar-refractivity contribution is 9.10. The molecule has 0 atom stereocenters. The number of carbonyl (C=O) groups is 1. The van der Waals surface area contributed by atoms with E-state index in [0.29, 0.717) is 0 Å². The van der Waals surface area contributed by atoms with Crippen molar-refractivity contribution in [1.29, 1.82) is 0 Å². The summed E-state index contributed by atoms with van der Waals surface area (Å²) in [7, 11) is 0. The lowest BCUT2D eigenvalue weighted by Gasteiger charge is -2.07. The van der Waals surface area contributed by atoms with Crippen molar-refractivity contribution in [3.63, 3.8) is 0 Å². The van der Waals surface area contributed by atoms with Gasteiger partial charge in [-0.2, -0.15) is 0 Å². The second kappa shape index (κ2) is 4.85. The summed E-state index contributed by atoms with van der Waals surface area (Å²) in [6.07, 6.45) is 3.56. The molecule has 0 fully saturated rings. The zero-order valence-corrected chi connectivity index (χ0v) is 13.0. The highest BCUT2D eigenvalue weighted by Crippen LogP contribution is 2.31. The molecule has 0 spiro atoms. The van der Waals surface area contributed by atoms with Gasteiger partial charge in [0.2, 0.25) is 0 Å². The average Bonchev–Trinajstić information content (AvgIpc) is 3.09. The summed E-state index contributed by atoms with van der Waals surface area (Å²) in [5.41, 5.74) is 4.45. The van der Waals surface area contributed by atoms with Gasteiger partial charge in [0.25, 0.3) is 0 Å². The predicted molar refractivity (Wildman–Crippen MR) is 87.7 cm³/mol. The molecule has 0 bridgehead atoms. The molecular weight excluding hydrogens is 326 g/mol. The van der Waals surface area contributed by atoms with E-state index in [9.17, 15) is 4.79 Å². The molecule has 0 saturated heterocycles. The van der Waals surface area contributed by atoms with Crippen LogP contribution in [0.3, 0.4) is 0 Å². The smallest absolute Gasteiger partial charge is 0.168 e. The van der Waals surface area contributed by atoms with Crippen LogP contribution in [0.25, 0.3) is 10.9 Å². The number of rotatable bonds is 2. The summed E-state index contributed by atoms with van der Waals surface area (Å²) < 4.78 is 0.998. The SMILES string of the molecule is O=C(c1c[nH]c2ccc(Br)cc12)C1Cc2ccccc2C1. The van der Waals surface area contributed by atoms with Crippen LogP contribution in [0.1, 0.15) is 21.5 Å². The Labute approximate surface area is 131 Å². The van der Waals surface area contributed by atoms with Crippen molar-refractivity contribution < 1.29 is 4.79 Å². The first-order valence-corrected chi connectivity index (χ1v) is 7.89. The van der Waals surface area contributed by atoms with Gasteiger partial charge in [-0.15, -0.1) is 0 Å². The Bertz CT molecular complexity index is 824. The lowest BCUT2D eigenvalue weighted by atomic mass is 9.95. The first-order valence-electron chi connectivity index (χ1n) is 7.10. The standard InChI is InChI=1S/C18H14BrNO/c19-14-5-6-17-15(9-14)16(10-20-17)18(21)13-7-11-3-1-2-4-12(11)8-13/h1-6,9-10,13,20H,7-8H2. The van der Waals surface area contributed by atoms with Crippen molar-refractivity contribution >= 4 is 32.6 Å². The van der Waals surface area contributed by atoms with Gasteiger partial charge in [0.05, 0.1) is 0 Å². The molecule has 1 aromatic heterocycles. The number of carbonyl (C=O) groups excluding carboxylic acids is 1. The summed E-state index contributed by atoms with van der Waals surface area (Å²) in [6.45, 7) is 0. The highest BCUT2D eigenvalue weighted by atomic mass is 79.9. The Kier molecular flexibility index (Phi) is 2.96. The summed E-state index contributed by atoms with van der Waals surface area (Å²) in [5.74, 6) is 0.316. The van der Waals surface area contributed by atoms with Gasteiger partial charge in [-0.1, -0.05) is 40.2 Å². The van der Waals surface area contributed by atoms with Crippen LogP contribution in [-0.2, 0) is 12.8 Å². The number of H-pyrrole nitrogens is 1. The molecule has 2 nitrogen and oxygen atoms in total. The molecule has 0 aliphatic heterocycles. The van der Waals surface area contributed by atoms with Crippen LogP contribution in [0.5, 0.6) is 0 Å². The van der Waals surface area contributed by atoms with Crippen molar-refractivity contribution in [3.8, 4) is 0 Å². The molecule has 1 aliphatic carbocycles. The molecule has 1 N–H and O–H groups in total. The molecule has 2 aromatic carbocycles. The number of halogens is 1. The number of benzene rings is 2. The quantitative estimate of drug-likeness (QED) is 0.683. The van der Waals surface area contributed by atoms with Crippen LogP contribution in [0, 0.1) is 5.92 Å². The lowest BCUT2D eigenvalue weighted by Crippen LogP contribution is -2.14. The van der Waals surface area contributed by atoms with Crippen LogP contribution < -0.4 is 0 Å². The fraction of sp³-hybridized carbons (Fsp3) is 0.167. The molecule has 0 unspecified atom stereocenters. The average molecular weight is 340 g/mol. The number of aromatic nitrogens is 1. The molecule has 0 amide bonds. The van der Waals surface area contributed by atoms with Crippen LogP contribution in [0.2, 0.25) is 0 Å². The van der Waals surface area contributed by atoms with Crippen molar-refractivity contribution in [1.82, 2.24) is 4.98 Å². The molecule has 1 heterocycles. The fourth-order valence-electron chi connectivity index (χ4n) is 3.26. The minimum Gasteiger partial charge on any atom is -0.360 e. The van der Waals surface area contributed by atoms with Crippen LogP contribution >= 0.6 is 15.9 Å². The first-order chi connectivity index (χ1) is 10.2. The molecule has 4 rings (SSSR count). The Hall–Kier alpha value is -1.87. The minimum atomic E-state index is 0.0698. The van der Waals surface area contributed by atoms with Crippen LogP contribution in [0.4, 0.5) is 0 Å². The summed E-state index contributed by atoms with van der Waals surface area (Å²) in [4.78, 5) is 16.1. The van der Waals surface area contributed by atoms with Gasteiger partial charge in [-0.25, -0.2) is 0 Å². The van der Waals surface area contributed by atoms with Gasteiger partial charge in [-0.05, 0) is 42.2 Å².